The third-order valence-electron chi connectivity index (χ3n) is 6.04. The maximum absolute atomic E-state index is 13.7. The normalized spacial score (nSPS) is 13.5. The summed E-state index contributed by atoms with van der Waals surface area (Å²) in [5, 5.41) is 3.75. The molecule has 0 aromatic heterocycles. The number of methoxy groups -OCH3 is 1. The van der Waals surface area contributed by atoms with E-state index >= 15 is 0 Å². The number of benzene rings is 3. The van der Waals surface area contributed by atoms with Gasteiger partial charge >= 0.3 is 0 Å². The van der Waals surface area contributed by atoms with Gasteiger partial charge in [-0.25, -0.2) is 4.90 Å². The lowest BCUT2D eigenvalue weighted by atomic mass is 10.1. The molecule has 1 heterocycles. The van der Waals surface area contributed by atoms with E-state index < -0.39 is 5.91 Å². The first kappa shape index (κ1) is 25.9. The van der Waals surface area contributed by atoms with Crippen LogP contribution in [-0.4, -0.2) is 18.9 Å². The summed E-state index contributed by atoms with van der Waals surface area (Å²) in [6.07, 6.45) is 3.17. The molecule has 0 atom stereocenters. The Kier molecular flexibility index (Phi) is 8.07. The summed E-state index contributed by atoms with van der Waals surface area (Å²) in [5.74, 6) is -0.290. The summed E-state index contributed by atoms with van der Waals surface area (Å²) in [6.45, 7) is 6.03. The predicted octanol–water partition coefficient (Wildman–Crippen LogP) is 7.30. The zero-order valence-electron chi connectivity index (χ0n) is 20.9. The Morgan fingerprint density at radius 3 is 2.31 bits per heavy atom. The molecule has 0 radical (unpaired) electrons. The number of carbonyl (C=O) groups is 2. The number of hydrogen-bond acceptors (Lipinski definition) is 5. The van der Waals surface area contributed by atoms with Crippen LogP contribution in [0.15, 0.2) is 76.2 Å². The van der Waals surface area contributed by atoms with Crippen molar-refractivity contribution in [2.75, 3.05) is 17.3 Å². The van der Waals surface area contributed by atoms with Gasteiger partial charge in [0.05, 0.1) is 18.5 Å². The van der Waals surface area contributed by atoms with Crippen LogP contribution in [-0.2, 0) is 16.0 Å². The lowest BCUT2D eigenvalue weighted by molar-refractivity contribution is -0.120. The number of rotatable bonds is 9. The standard InChI is InChI=1S/C29H29ClN2O3S/c1-5-6-7-20-10-12-21(13-11-20)32-28(33)26(31-24-16-19(3)23(30)17-25(24)35-4)27(29(32)34)36-22-14-8-18(2)9-15-22/h8-17,31H,5-7H2,1-4H3. The van der Waals surface area contributed by atoms with Gasteiger partial charge in [0.1, 0.15) is 16.4 Å². The number of thioether (sulfide) groups is 1. The van der Waals surface area contributed by atoms with Crippen LogP contribution in [0.3, 0.4) is 0 Å². The highest BCUT2D eigenvalue weighted by Gasteiger charge is 2.40. The Balaban J connectivity index is 1.73. The van der Waals surface area contributed by atoms with Crippen molar-refractivity contribution in [2.45, 2.75) is 44.9 Å². The average Bonchev–Trinajstić information content (AvgIpc) is 3.10. The maximum Gasteiger partial charge on any atom is 0.283 e. The topological polar surface area (TPSA) is 58.6 Å². The molecule has 0 unspecified atom stereocenters. The van der Waals surface area contributed by atoms with Gasteiger partial charge in [-0.2, -0.15) is 0 Å². The number of unbranched alkanes of at least 4 members (excludes halogenated alkanes) is 1. The molecule has 1 N–H and O–H groups in total. The van der Waals surface area contributed by atoms with Gasteiger partial charge in [-0.1, -0.05) is 66.5 Å². The Morgan fingerprint density at radius 1 is 0.972 bits per heavy atom. The summed E-state index contributed by atoms with van der Waals surface area (Å²) in [5.41, 5.74) is 4.44. The fraction of sp³-hybridized carbons (Fsp3) is 0.241. The van der Waals surface area contributed by atoms with Crippen molar-refractivity contribution in [3.8, 4) is 5.75 Å². The molecule has 0 bridgehead atoms. The molecular weight excluding hydrogens is 492 g/mol. The molecule has 0 saturated heterocycles. The van der Waals surface area contributed by atoms with Gasteiger partial charge in [0.15, 0.2) is 0 Å². The van der Waals surface area contributed by atoms with E-state index in [0.29, 0.717) is 27.1 Å². The van der Waals surface area contributed by atoms with E-state index in [1.54, 1.807) is 6.07 Å². The van der Waals surface area contributed by atoms with E-state index in [0.717, 1.165) is 35.3 Å². The highest BCUT2D eigenvalue weighted by Crippen LogP contribution is 2.40. The first-order chi connectivity index (χ1) is 17.3. The van der Waals surface area contributed by atoms with E-state index in [1.165, 1.54) is 29.3 Å². The van der Waals surface area contributed by atoms with Gasteiger partial charge in [0, 0.05) is 16.0 Å². The number of nitrogens with zero attached hydrogens (tertiary/aromatic N) is 1. The Labute approximate surface area is 221 Å². The van der Waals surface area contributed by atoms with Crippen LogP contribution < -0.4 is 15.0 Å². The summed E-state index contributed by atoms with van der Waals surface area (Å²) in [6, 6.07) is 19.0. The Morgan fingerprint density at radius 2 is 1.67 bits per heavy atom. The van der Waals surface area contributed by atoms with Crippen LogP contribution in [0, 0.1) is 13.8 Å². The largest absolute Gasteiger partial charge is 0.495 e. The number of hydrogen-bond donors (Lipinski definition) is 1. The lowest BCUT2D eigenvalue weighted by Gasteiger charge is -2.17. The number of ether oxygens (including phenoxy) is 1. The number of nitrogens with one attached hydrogen (secondary N) is 1. The third-order valence-corrected chi connectivity index (χ3v) is 7.53. The monoisotopic (exact) mass is 520 g/mol. The second kappa shape index (κ2) is 11.2. The van der Waals surface area contributed by atoms with Gasteiger partial charge < -0.3 is 10.1 Å². The molecule has 0 saturated carbocycles. The molecule has 7 heteroatoms. The molecule has 3 aromatic rings. The number of aryl methyl sites for hydroxylation is 3. The fourth-order valence-electron chi connectivity index (χ4n) is 3.93. The van der Waals surface area contributed by atoms with Crippen molar-refractivity contribution in [1.29, 1.82) is 0 Å². The Hall–Kier alpha value is -3.22. The van der Waals surface area contributed by atoms with E-state index in [-0.39, 0.29) is 11.6 Å². The molecule has 2 amide bonds. The molecule has 36 heavy (non-hydrogen) atoms. The maximum atomic E-state index is 13.7. The zero-order valence-corrected chi connectivity index (χ0v) is 22.4. The minimum absolute atomic E-state index is 0.209. The SMILES string of the molecule is CCCCc1ccc(N2C(=O)C(Nc3cc(C)c(Cl)cc3OC)=C(Sc3ccc(C)cc3)C2=O)cc1. The van der Waals surface area contributed by atoms with Crippen molar-refractivity contribution in [3.05, 3.63) is 93.0 Å². The second-order valence-electron chi connectivity index (χ2n) is 8.76. The van der Waals surface area contributed by atoms with Gasteiger partial charge in [-0.05, 0) is 68.1 Å². The Bertz CT molecular complexity index is 1320. The van der Waals surface area contributed by atoms with Gasteiger partial charge in [-0.3, -0.25) is 9.59 Å². The first-order valence-electron chi connectivity index (χ1n) is 11.9. The minimum atomic E-state index is -0.412. The van der Waals surface area contributed by atoms with Crippen LogP contribution in [0.2, 0.25) is 5.02 Å². The van der Waals surface area contributed by atoms with Crippen LogP contribution in [0.5, 0.6) is 5.75 Å². The van der Waals surface area contributed by atoms with Gasteiger partial charge in [0.2, 0.25) is 0 Å². The quantitative estimate of drug-likeness (QED) is 0.300. The average molecular weight is 521 g/mol. The van der Waals surface area contributed by atoms with E-state index in [2.05, 4.69) is 12.2 Å². The smallest absolute Gasteiger partial charge is 0.283 e. The van der Waals surface area contributed by atoms with Crippen LogP contribution >= 0.6 is 23.4 Å². The minimum Gasteiger partial charge on any atom is -0.495 e. The number of anilines is 2. The summed E-state index contributed by atoms with van der Waals surface area (Å²) in [4.78, 5) is 29.8. The number of amides is 2. The molecular formula is C29H29ClN2O3S. The van der Waals surface area contributed by atoms with Crippen molar-refractivity contribution < 1.29 is 14.3 Å². The third kappa shape index (κ3) is 5.45. The van der Waals surface area contributed by atoms with Crippen molar-refractivity contribution in [2.24, 2.45) is 0 Å². The summed E-state index contributed by atoms with van der Waals surface area (Å²) < 4.78 is 5.49. The lowest BCUT2D eigenvalue weighted by Crippen LogP contribution is -2.32. The van der Waals surface area contributed by atoms with Gasteiger partial charge in [-0.15, -0.1) is 0 Å². The molecule has 0 fully saturated rings. The molecule has 4 rings (SSSR count). The summed E-state index contributed by atoms with van der Waals surface area (Å²) in [7, 11) is 1.54. The molecule has 186 valence electrons. The highest BCUT2D eigenvalue weighted by molar-refractivity contribution is 8.04. The fourth-order valence-corrected chi connectivity index (χ4v) is 5.01. The molecule has 0 aliphatic carbocycles. The molecule has 1 aliphatic rings. The predicted molar refractivity (Wildman–Crippen MR) is 148 cm³/mol. The van der Waals surface area contributed by atoms with Crippen LogP contribution in [0.1, 0.15) is 36.5 Å². The molecule has 1 aliphatic heterocycles. The van der Waals surface area contributed by atoms with E-state index in [4.69, 9.17) is 16.3 Å². The number of imide groups is 1. The highest BCUT2D eigenvalue weighted by atomic mass is 35.5. The van der Waals surface area contributed by atoms with Gasteiger partial charge in [0.25, 0.3) is 11.8 Å². The second-order valence-corrected chi connectivity index (χ2v) is 10.3. The first-order valence-corrected chi connectivity index (χ1v) is 13.1. The number of carbonyl (C=O) groups excluding carboxylic acids is 2. The van der Waals surface area contributed by atoms with Crippen LogP contribution in [0.25, 0.3) is 0 Å². The van der Waals surface area contributed by atoms with Crippen molar-refractivity contribution in [3.63, 3.8) is 0 Å². The van der Waals surface area contributed by atoms with E-state index in [9.17, 15) is 9.59 Å². The van der Waals surface area contributed by atoms with E-state index in [1.807, 2.05) is 68.4 Å². The molecule has 0 spiro atoms. The molecule has 3 aromatic carbocycles. The zero-order chi connectivity index (χ0) is 25.8. The van der Waals surface area contributed by atoms with Crippen molar-refractivity contribution in [1.82, 2.24) is 0 Å². The molecule has 5 nitrogen and oxygen atoms in total. The number of halogens is 1. The summed E-state index contributed by atoms with van der Waals surface area (Å²) >= 11 is 7.55. The van der Waals surface area contributed by atoms with Crippen LogP contribution in [0.4, 0.5) is 11.4 Å². The van der Waals surface area contributed by atoms with Crippen molar-refractivity contribution >= 4 is 46.6 Å².